The van der Waals surface area contributed by atoms with Gasteiger partial charge in [-0.2, -0.15) is 0 Å². The third-order valence-corrected chi connectivity index (χ3v) is 4.67. The van der Waals surface area contributed by atoms with Gasteiger partial charge in [0.25, 0.3) is 0 Å². The van der Waals surface area contributed by atoms with Crippen LogP contribution in [0.2, 0.25) is 0 Å². The summed E-state index contributed by atoms with van der Waals surface area (Å²) in [6.45, 7) is 4.60. The van der Waals surface area contributed by atoms with Crippen molar-refractivity contribution in [3.63, 3.8) is 0 Å². The van der Waals surface area contributed by atoms with Crippen LogP contribution in [0.4, 0.5) is 0 Å². The van der Waals surface area contributed by atoms with Gasteiger partial charge in [-0.1, -0.05) is 0 Å². The second-order valence-electron chi connectivity index (χ2n) is 6.18. The normalized spacial score (nSPS) is 28.3. The highest BCUT2D eigenvalue weighted by molar-refractivity contribution is 7.88. The van der Waals surface area contributed by atoms with Gasteiger partial charge < -0.3 is 10.2 Å². The van der Waals surface area contributed by atoms with Crippen LogP contribution in [0.3, 0.4) is 0 Å². The molecule has 0 aromatic heterocycles. The Hall–Kier alpha value is -0.660. The van der Waals surface area contributed by atoms with Crippen molar-refractivity contribution in [3.8, 4) is 0 Å². The molecule has 0 aliphatic carbocycles. The summed E-state index contributed by atoms with van der Waals surface area (Å²) < 4.78 is 25.1. The first-order chi connectivity index (χ1) is 8.67. The number of fused-ring (bicyclic) bond motifs is 2. The lowest BCUT2D eigenvalue weighted by Crippen LogP contribution is -2.56. The van der Waals surface area contributed by atoms with Crippen LogP contribution < -0.4 is 10.0 Å². The first kappa shape index (κ1) is 14.7. The summed E-state index contributed by atoms with van der Waals surface area (Å²) in [6.07, 6.45) is 4.29. The van der Waals surface area contributed by atoms with Crippen LogP contribution >= 0.6 is 0 Å². The molecule has 0 spiro atoms. The maximum atomic E-state index is 12.5. The highest BCUT2D eigenvalue weighted by Gasteiger charge is 2.38. The van der Waals surface area contributed by atoms with Crippen molar-refractivity contribution in [2.24, 2.45) is 0 Å². The monoisotopic (exact) mass is 289 g/mol. The van der Waals surface area contributed by atoms with Crippen molar-refractivity contribution < 1.29 is 13.2 Å². The van der Waals surface area contributed by atoms with Crippen molar-refractivity contribution in [2.45, 2.75) is 50.7 Å². The zero-order chi connectivity index (χ0) is 14.3. The summed E-state index contributed by atoms with van der Waals surface area (Å²) in [5.41, 5.74) is -1.09. The van der Waals surface area contributed by atoms with Crippen LogP contribution in [-0.2, 0) is 14.8 Å². The first-order valence-electron chi connectivity index (χ1n) is 6.72. The van der Waals surface area contributed by atoms with E-state index in [9.17, 15) is 13.2 Å². The largest absolute Gasteiger partial charge is 0.339 e. The number of sulfonamides is 1. The molecule has 2 fully saturated rings. The van der Waals surface area contributed by atoms with E-state index in [-0.39, 0.29) is 5.91 Å². The summed E-state index contributed by atoms with van der Waals surface area (Å²) in [7, 11) is -3.40. The first-order valence-corrected chi connectivity index (χ1v) is 8.61. The Bertz CT molecular complexity index is 461. The molecule has 2 unspecified atom stereocenters. The Morgan fingerprint density at radius 1 is 1.26 bits per heavy atom. The van der Waals surface area contributed by atoms with E-state index in [1.165, 1.54) is 6.42 Å². The van der Waals surface area contributed by atoms with Crippen LogP contribution in [0, 0.1) is 0 Å². The number of likely N-dealkylation sites (tertiary alicyclic amines) is 1. The van der Waals surface area contributed by atoms with Gasteiger partial charge in [-0.25, -0.2) is 13.1 Å². The lowest BCUT2D eigenvalue weighted by atomic mass is 10.0. The standard InChI is InChI=1S/C12H23N3O3S/c1-12(2,14-19(3,17)18)11(16)15-7-6-9-4-5-10(8-15)13-9/h9-10,13-14H,4-8H2,1-3H3. The van der Waals surface area contributed by atoms with Gasteiger partial charge in [-0.05, 0) is 33.1 Å². The van der Waals surface area contributed by atoms with E-state index in [0.717, 1.165) is 19.1 Å². The molecule has 19 heavy (non-hydrogen) atoms. The summed E-state index contributed by atoms with van der Waals surface area (Å²) in [5.74, 6) is -0.146. The third-order valence-electron chi connectivity index (χ3n) is 3.79. The number of carbonyl (C=O) groups is 1. The minimum absolute atomic E-state index is 0.146. The Kier molecular flexibility index (Phi) is 3.90. The highest BCUT2D eigenvalue weighted by atomic mass is 32.2. The molecule has 2 bridgehead atoms. The van der Waals surface area contributed by atoms with Crippen molar-refractivity contribution in [2.75, 3.05) is 19.3 Å². The molecular formula is C12H23N3O3S. The molecule has 2 heterocycles. The molecule has 2 atom stereocenters. The summed E-state index contributed by atoms with van der Waals surface area (Å²) in [4.78, 5) is 14.3. The molecule has 110 valence electrons. The van der Waals surface area contributed by atoms with Gasteiger partial charge in [-0.3, -0.25) is 4.79 Å². The maximum Gasteiger partial charge on any atom is 0.243 e. The molecule has 6 nitrogen and oxygen atoms in total. The SMILES string of the molecule is CC(C)(NS(C)(=O)=O)C(=O)N1CCC2CCC(C1)N2. The van der Waals surface area contributed by atoms with Crippen molar-refractivity contribution in [1.29, 1.82) is 0 Å². The minimum atomic E-state index is -3.40. The van der Waals surface area contributed by atoms with E-state index in [0.29, 0.717) is 25.2 Å². The number of hydrogen-bond donors (Lipinski definition) is 2. The average molecular weight is 289 g/mol. The van der Waals surface area contributed by atoms with Gasteiger partial charge in [0, 0.05) is 25.2 Å². The molecule has 2 N–H and O–H groups in total. The quantitative estimate of drug-likeness (QED) is 0.745. The van der Waals surface area contributed by atoms with Crippen molar-refractivity contribution >= 4 is 15.9 Å². The Morgan fingerprint density at radius 2 is 1.89 bits per heavy atom. The van der Waals surface area contributed by atoms with Gasteiger partial charge in [0.05, 0.1) is 6.26 Å². The maximum absolute atomic E-state index is 12.5. The Morgan fingerprint density at radius 3 is 2.53 bits per heavy atom. The molecule has 2 rings (SSSR count). The average Bonchev–Trinajstić information content (AvgIpc) is 2.54. The van der Waals surface area contributed by atoms with Crippen molar-refractivity contribution in [3.05, 3.63) is 0 Å². The lowest BCUT2D eigenvalue weighted by Gasteiger charge is -2.32. The van der Waals surface area contributed by atoms with Crippen LogP contribution in [0.15, 0.2) is 0 Å². The number of hydrogen-bond acceptors (Lipinski definition) is 4. The second kappa shape index (κ2) is 5.03. The molecule has 2 aliphatic rings. The smallest absolute Gasteiger partial charge is 0.243 e. The second-order valence-corrected chi connectivity index (χ2v) is 7.93. The highest BCUT2D eigenvalue weighted by Crippen LogP contribution is 2.22. The number of carbonyl (C=O) groups excluding carboxylic acids is 1. The zero-order valence-electron chi connectivity index (χ0n) is 11.8. The van der Waals surface area contributed by atoms with Gasteiger partial charge >= 0.3 is 0 Å². The molecule has 0 aromatic carbocycles. The van der Waals surface area contributed by atoms with Crippen LogP contribution in [-0.4, -0.2) is 56.2 Å². The molecule has 0 aromatic rings. The van der Waals surface area contributed by atoms with E-state index in [4.69, 9.17) is 0 Å². The van der Waals surface area contributed by atoms with E-state index in [1.807, 2.05) is 0 Å². The fourth-order valence-corrected chi connectivity index (χ4v) is 4.04. The van der Waals surface area contributed by atoms with E-state index in [2.05, 4.69) is 10.0 Å². The fourth-order valence-electron chi connectivity index (χ4n) is 3.03. The van der Waals surface area contributed by atoms with Gasteiger partial charge in [0.15, 0.2) is 0 Å². The Labute approximate surface area is 115 Å². The molecule has 1 amide bonds. The van der Waals surface area contributed by atoms with Crippen LogP contribution in [0.25, 0.3) is 0 Å². The molecule has 2 aliphatic heterocycles. The number of nitrogens with one attached hydrogen (secondary N) is 2. The van der Waals surface area contributed by atoms with Gasteiger partial charge in [-0.15, -0.1) is 0 Å². The minimum Gasteiger partial charge on any atom is -0.339 e. The topological polar surface area (TPSA) is 78.5 Å². The summed E-state index contributed by atoms with van der Waals surface area (Å²) in [6, 6.07) is 0.860. The van der Waals surface area contributed by atoms with Gasteiger partial charge in [0.2, 0.25) is 15.9 Å². The van der Waals surface area contributed by atoms with Gasteiger partial charge in [0.1, 0.15) is 5.54 Å². The summed E-state index contributed by atoms with van der Waals surface area (Å²) in [5, 5.41) is 3.50. The number of rotatable bonds is 3. The van der Waals surface area contributed by atoms with Crippen LogP contribution in [0.5, 0.6) is 0 Å². The zero-order valence-corrected chi connectivity index (χ0v) is 12.6. The fraction of sp³-hybridized carbons (Fsp3) is 0.917. The van der Waals surface area contributed by atoms with E-state index in [1.54, 1.807) is 18.7 Å². The lowest BCUT2D eigenvalue weighted by molar-refractivity contribution is -0.136. The third kappa shape index (κ3) is 3.67. The molecule has 0 saturated carbocycles. The number of nitrogens with zero attached hydrogens (tertiary/aromatic N) is 1. The van der Waals surface area contributed by atoms with E-state index < -0.39 is 15.6 Å². The number of amides is 1. The van der Waals surface area contributed by atoms with Crippen molar-refractivity contribution in [1.82, 2.24) is 14.9 Å². The Balaban J connectivity index is 2.06. The molecule has 0 radical (unpaired) electrons. The van der Waals surface area contributed by atoms with E-state index >= 15 is 0 Å². The predicted molar refractivity (Wildman–Crippen MR) is 73.2 cm³/mol. The molecule has 2 saturated heterocycles. The summed E-state index contributed by atoms with van der Waals surface area (Å²) >= 11 is 0. The van der Waals surface area contributed by atoms with Crippen LogP contribution in [0.1, 0.15) is 33.1 Å². The molecule has 7 heteroatoms. The predicted octanol–water partition coefficient (Wildman–Crippen LogP) is -0.333. The molecular weight excluding hydrogens is 266 g/mol.